The van der Waals surface area contributed by atoms with E-state index in [9.17, 15) is 0 Å². The van der Waals surface area contributed by atoms with Gasteiger partial charge in [-0.3, -0.25) is 0 Å². The topological polar surface area (TPSA) is 12.0 Å². The highest BCUT2D eigenvalue weighted by atomic mass is 14.8. The Kier molecular flexibility index (Phi) is 9.55. The van der Waals surface area contributed by atoms with Gasteiger partial charge in [-0.2, -0.15) is 0 Å². The van der Waals surface area contributed by atoms with Gasteiger partial charge in [-0.05, 0) is 31.5 Å². The molecule has 18 heavy (non-hydrogen) atoms. The molecule has 1 heteroatoms. The minimum absolute atomic E-state index is 1.11. The van der Waals surface area contributed by atoms with Crippen LogP contribution in [0, 0.1) is 0 Å². The second-order valence-electron chi connectivity index (χ2n) is 5.11. The minimum Gasteiger partial charge on any atom is -0.316 e. The lowest BCUT2D eigenvalue weighted by molar-refractivity contribution is 0.563. The van der Waals surface area contributed by atoms with Gasteiger partial charge in [0.1, 0.15) is 0 Å². The Morgan fingerprint density at radius 3 is 2.17 bits per heavy atom. The molecule has 1 rings (SSSR count). The summed E-state index contributed by atoms with van der Waals surface area (Å²) >= 11 is 0. The SMILES string of the molecule is CCCCCCCCCNCCc1ccccc1. The van der Waals surface area contributed by atoms with Crippen molar-refractivity contribution in [1.29, 1.82) is 0 Å². The molecule has 1 N–H and O–H groups in total. The van der Waals surface area contributed by atoms with Crippen LogP contribution in [-0.4, -0.2) is 13.1 Å². The zero-order valence-corrected chi connectivity index (χ0v) is 12.0. The highest BCUT2D eigenvalue weighted by Crippen LogP contribution is 2.06. The first kappa shape index (κ1) is 15.2. The van der Waals surface area contributed by atoms with E-state index < -0.39 is 0 Å². The van der Waals surface area contributed by atoms with Crippen LogP contribution in [0.4, 0.5) is 0 Å². The molecule has 0 bridgehead atoms. The van der Waals surface area contributed by atoms with Crippen LogP contribution in [-0.2, 0) is 6.42 Å². The van der Waals surface area contributed by atoms with Crippen molar-refractivity contribution in [2.24, 2.45) is 0 Å². The quantitative estimate of drug-likeness (QED) is 0.565. The molecule has 0 spiro atoms. The van der Waals surface area contributed by atoms with Crippen molar-refractivity contribution in [3.05, 3.63) is 35.9 Å². The zero-order valence-electron chi connectivity index (χ0n) is 12.0. The third kappa shape index (κ3) is 8.30. The molecule has 0 aliphatic heterocycles. The van der Waals surface area contributed by atoms with Crippen LogP contribution >= 0.6 is 0 Å². The molecule has 1 nitrogen and oxygen atoms in total. The van der Waals surface area contributed by atoms with E-state index in [4.69, 9.17) is 0 Å². The lowest BCUT2D eigenvalue weighted by Gasteiger charge is -2.05. The summed E-state index contributed by atoms with van der Waals surface area (Å²) in [7, 11) is 0. The van der Waals surface area contributed by atoms with Gasteiger partial charge in [0.15, 0.2) is 0 Å². The maximum atomic E-state index is 3.54. The molecule has 0 heterocycles. The third-order valence-corrected chi connectivity index (χ3v) is 3.39. The van der Waals surface area contributed by atoms with Crippen LogP contribution in [0.5, 0.6) is 0 Å². The molecule has 1 aromatic carbocycles. The summed E-state index contributed by atoms with van der Waals surface area (Å²) in [5.41, 5.74) is 1.43. The molecule has 102 valence electrons. The Morgan fingerprint density at radius 2 is 1.44 bits per heavy atom. The molecule has 0 amide bonds. The van der Waals surface area contributed by atoms with Crippen LogP contribution in [0.2, 0.25) is 0 Å². The number of hydrogen-bond donors (Lipinski definition) is 1. The van der Waals surface area contributed by atoms with Gasteiger partial charge in [-0.15, -0.1) is 0 Å². The van der Waals surface area contributed by atoms with Crippen LogP contribution < -0.4 is 5.32 Å². The summed E-state index contributed by atoms with van der Waals surface area (Å²) in [5, 5.41) is 3.54. The molecule has 0 aromatic heterocycles. The average molecular weight is 247 g/mol. The van der Waals surface area contributed by atoms with E-state index in [0.717, 1.165) is 13.0 Å². The van der Waals surface area contributed by atoms with Gasteiger partial charge in [0.2, 0.25) is 0 Å². The predicted molar refractivity (Wildman–Crippen MR) is 81.0 cm³/mol. The Morgan fingerprint density at radius 1 is 0.778 bits per heavy atom. The highest BCUT2D eigenvalue weighted by Gasteiger charge is 1.93. The van der Waals surface area contributed by atoms with Gasteiger partial charge < -0.3 is 5.32 Å². The molecule has 0 aliphatic rings. The molecule has 0 atom stereocenters. The molecule has 0 radical (unpaired) electrons. The summed E-state index contributed by atoms with van der Waals surface area (Å²) in [4.78, 5) is 0. The number of benzene rings is 1. The highest BCUT2D eigenvalue weighted by molar-refractivity contribution is 5.14. The van der Waals surface area contributed by atoms with Crippen LogP contribution in [0.3, 0.4) is 0 Å². The summed E-state index contributed by atoms with van der Waals surface area (Å²) in [6.45, 7) is 4.57. The van der Waals surface area contributed by atoms with Gasteiger partial charge in [0.25, 0.3) is 0 Å². The summed E-state index contributed by atoms with van der Waals surface area (Å²) in [6, 6.07) is 10.7. The molecular formula is C17H29N. The first-order chi connectivity index (χ1) is 8.93. The molecule has 0 saturated carbocycles. The Bertz CT molecular complexity index is 268. The summed E-state index contributed by atoms with van der Waals surface area (Å²) in [5.74, 6) is 0. The first-order valence-corrected chi connectivity index (χ1v) is 7.68. The fourth-order valence-corrected chi connectivity index (χ4v) is 2.21. The minimum atomic E-state index is 1.11. The zero-order chi connectivity index (χ0) is 12.9. The maximum absolute atomic E-state index is 3.54. The monoisotopic (exact) mass is 247 g/mol. The second kappa shape index (κ2) is 11.3. The van der Waals surface area contributed by atoms with Gasteiger partial charge >= 0.3 is 0 Å². The Hall–Kier alpha value is -0.820. The molecule has 0 fully saturated rings. The fraction of sp³-hybridized carbons (Fsp3) is 0.647. The van der Waals surface area contributed by atoms with Gasteiger partial charge in [0.05, 0.1) is 0 Å². The largest absolute Gasteiger partial charge is 0.316 e. The summed E-state index contributed by atoms with van der Waals surface area (Å²) in [6.07, 6.45) is 10.9. The maximum Gasteiger partial charge on any atom is -0.000835 e. The summed E-state index contributed by atoms with van der Waals surface area (Å²) < 4.78 is 0. The van der Waals surface area contributed by atoms with Crippen molar-refractivity contribution < 1.29 is 0 Å². The average Bonchev–Trinajstić information content (AvgIpc) is 2.42. The van der Waals surface area contributed by atoms with E-state index >= 15 is 0 Å². The third-order valence-electron chi connectivity index (χ3n) is 3.39. The lowest BCUT2D eigenvalue weighted by atomic mass is 10.1. The van der Waals surface area contributed by atoms with Crippen LogP contribution in [0.15, 0.2) is 30.3 Å². The number of rotatable bonds is 11. The van der Waals surface area contributed by atoms with Gasteiger partial charge in [0, 0.05) is 0 Å². The van der Waals surface area contributed by atoms with Crippen molar-refractivity contribution in [1.82, 2.24) is 5.32 Å². The van der Waals surface area contributed by atoms with Crippen molar-refractivity contribution in [3.63, 3.8) is 0 Å². The second-order valence-corrected chi connectivity index (χ2v) is 5.11. The molecule has 1 aromatic rings. The van der Waals surface area contributed by atoms with E-state index in [1.165, 1.54) is 57.1 Å². The fourth-order valence-electron chi connectivity index (χ4n) is 2.21. The number of hydrogen-bond acceptors (Lipinski definition) is 1. The molecule has 0 saturated heterocycles. The van der Waals surface area contributed by atoms with Crippen molar-refractivity contribution in [3.8, 4) is 0 Å². The van der Waals surface area contributed by atoms with E-state index in [1.54, 1.807) is 0 Å². The molecular weight excluding hydrogens is 218 g/mol. The number of nitrogens with one attached hydrogen (secondary N) is 1. The Balaban J connectivity index is 1.82. The van der Waals surface area contributed by atoms with E-state index in [-0.39, 0.29) is 0 Å². The van der Waals surface area contributed by atoms with Crippen LogP contribution in [0.25, 0.3) is 0 Å². The first-order valence-electron chi connectivity index (χ1n) is 7.68. The lowest BCUT2D eigenvalue weighted by Crippen LogP contribution is -2.18. The predicted octanol–water partition coefficient (Wildman–Crippen LogP) is 4.57. The molecule has 0 unspecified atom stereocenters. The smallest absolute Gasteiger partial charge is 0.000835 e. The normalized spacial score (nSPS) is 10.7. The van der Waals surface area contributed by atoms with Crippen molar-refractivity contribution in [2.75, 3.05) is 13.1 Å². The molecule has 0 aliphatic carbocycles. The van der Waals surface area contributed by atoms with Crippen LogP contribution in [0.1, 0.15) is 57.4 Å². The van der Waals surface area contributed by atoms with E-state index in [1.807, 2.05) is 0 Å². The van der Waals surface area contributed by atoms with E-state index in [2.05, 4.69) is 42.6 Å². The standard InChI is InChI=1S/C17H29N/c1-2-3-4-5-6-7-11-15-18-16-14-17-12-9-8-10-13-17/h8-10,12-13,18H,2-7,11,14-16H2,1H3. The van der Waals surface area contributed by atoms with Crippen molar-refractivity contribution >= 4 is 0 Å². The Labute approximate surface area is 113 Å². The van der Waals surface area contributed by atoms with Crippen molar-refractivity contribution in [2.45, 2.75) is 58.3 Å². The number of unbranched alkanes of at least 4 members (excludes halogenated alkanes) is 6. The van der Waals surface area contributed by atoms with E-state index in [0.29, 0.717) is 0 Å². The van der Waals surface area contributed by atoms with Gasteiger partial charge in [-0.25, -0.2) is 0 Å². The van der Waals surface area contributed by atoms with Gasteiger partial charge in [-0.1, -0.05) is 75.8 Å².